The summed E-state index contributed by atoms with van der Waals surface area (Å²) in [5, 5.41) is 0. The standard InChI is InChI=1S/C14H21BrN2O/c1-9(2)8-17(10(3)4)14(18)11-5-6-12(15)13(16)7-11/h5-7,9-10H,8,16H2,1-4H3. The van der Waals surface area contributed by atoms with Crippen LogP contribution in [0.4, 0.5) is 5.69 Å². The van der Waals surface area contributed by atoms with Gasteiger partial charge in [-0.3, -0.25) is 4.79 Å². The normalized spacial score (nSPS) is 11.1. The lowest BCUT2D eigenvalue weighted by Crippen LogP contribution is -2.39. The number of rotatable bonds is 4. The van der Waals surface area contributed by atoms with Crippen molar-refractivity contribution in [1.82, 2.24) is 4.90 Å². The Morgan fingerprint density at radius 1 is 1.33 bits per heavy atom. The number of halogens is 1. The fourth-order valence-corrected chi connectivity index (χ4v) is 2.01. The summed E-state index contributed by atoms with van der Waals surface area (Å²) in [7, 11) is 0. The fourth-order valence-electron chi connectivity index (χ4n) is 1.76. The van der Waals surface area contributed by atoms with E-state index in [1.165, 1.54) is 0 Å². The molecule has 0 saturated carbocycles. The number of carbonyl (C=O) groups excluding carboxylic acids is 1. The van der Waals surface area contributed by atoms with Crippen LogP contribution in [0.25, 0.3) is 0 Å². The van der Waals surface area contributed by atoms with Crippen LogP contribution in [-0.2, 0) is 0 Å². The van der Waals surface area contributed by atoms with Crippen molar-refractivity contribution in [2.75, 3.05) is 12.3 Å². The number of anilines is 1. The summed E-state index contributed by atoms with van der Waals surface area (Å²) in [5.41, 5.74) is 7.05. The van der Waals surface area contributed by atoms with Gasteiger partial charge >= 0.3 is 0 Å². The van der Waals surface area contributed by atoms with Crippen LogP contribution in [0.1, 0.15) is 38.1 Å². The van der Waals surface area contributed by atoms with Gasteiger partial charge in [0.25, 0.3) is 5.91 Å². The second-order valence-corrected chi connectivity index (χ2v) is 6.04. The Labute approximate surface area is 117 Å². The second kappa shape index (κ2) is 6.23. The molecule has 2 N–H and O–H groups in total. The number of hydrogen-bond donors (Lipinski definition) is 1. The molecule has 0 aliphatic heterocycles. The Morgan fingerprint density at radius 3 is 2.39 bits per heavy atom. The van der Waals surface area contributed by atoms with Crippen LogP contribution >= 0.6 is 15.9 Å². The Hall–Kier alpha value is -1.03. The summed E-state index contributed by atoms with van der Waals surface area (Å²) in [6.07, 6.45) is 0. The van der Waals surface area contributed by atoms with Crippen molar-refractivity contribution in [2.24, 2.45) is 5.92 Å². The average Bonchev–Trinajstić information content (AvgIpc) is 2.28. The maximum Gasteiger partial charge on any atom is 0.254 e. The van der Waals surface area contributed by atoms with Gasteiger partial charge in [0.15, 0.2) is 0 Å². The van der Waals surface area contributed by atoms with E-state index in [-0.39, 0.29) is 11.9 Å². The molecule has 0 saturated heterocycles. The van der Waals surface area contributed by atoms with Gasteiger partial charge in [0, 0.05) is 28.3 Å². The van der Waals surface area contributed by atoms with E-state index in [1.807, 2.05) is 24.8 Å². The highest BCUT2D eigenvalue weighted by Crippen LogP contribution is 2.21. The summed E-state index contributed by atoms with van der Waals surface area (Å²) in [5.74, 6) is 0.488. The third kappa shape index (κ3) is 3.73. The number of hydrogen-bond acceptors (Lipinski definition) is 2. The number of nitrogens with two attached hydrogens (primary N) is 1. The lowest BCUT2D eigenvalue weighted by Gasteiger charge is -2.28. The van der Waals surface area contributed by atoms with Gasteiger partial charge in [0.2, 0.25) is 0 Å². The van der Waals surface area contributed by atoms with Crippen molar-refractivity contribution in [2.45, 2.75) is 33.7 Å². The molecule has 0 bridgehead atoms. The van der Waals surface area contributed by atoms with Gasteiger partial charge in [-0.2, -0.15) is 0 Å². The van der Waals surface area contributed by atoms with Crippen LogP contribution in [0.2, 0.25) is 0 Å². The van der Waals surface area contributed by atoms with E-state index in [2.05, 4.69) is 29.8 Å². The summed E-state index contributed by atoms with van der Waals surface area (Å²) in [6, 6.07) is 5.53. The highest BCUT2D eigenvalue weighted by molar-refractivity contribution is 9.10. The van der Waals surface area contributed by atoms with Crippen molar-refractivity contribution < 1.29 is 4.79 Å². The van der Waals surface area contributed by atoms with Crippen LogP contribution in [0, 0.1) is 5.92 Å². The molecule has 0 fully saturated rings. The van der Waals surface area contributed by atoms with E-state index in [0.29, 0.717) is 17.2 Å². The van der Waals surface area contributed by atoms with Gasteiger partial charge in [0.05, 0.1) is 0 Å². The van der Waals surface area contributed by atoms with E-state index < -0.39 is 0 Å². The smallest absolute Gasteiger partial charge is 0.254 e. The monoisotopic (exact) mass is 312 g/mol. The van der Waals surface area contributed by atoms with Crippen LogP contribution in [0.3, 0.4) is 0 Å². The van der Waals surface area contributed by atoms with Crippen molar-refractivity contribution in [1.29, 1.82) is 0 Å². The lowest BCUT2D eigenvalue weighted by atomic mass is 10.1. The Kier molecular flexibility index (Phi) is 5.20. The number of carbonyl (C=O) groups is 1. The van der Waals surface area contributed by atoms with E-state index in [9.17, 15) is 4.79 Å². The van der Waals surface area contributed by atoms with Gasteiger partial charge in [0.1, 0.15) is 0 Å². The van der Waals surface area contributed by atoms with Crippen molar-refractivity contribution in [3.05, 3.63) is 28.2 Å². The molecule has 0 radical (unpaired) electrons. The second-order valence-electron chi connectivity index (χ2n) is 5.18. The largest absolute Gasteiger partial charge is 0.398 e. The molecule has 18 heavy (non-hydrogen) atoms. The van der Waals surface area contributed by atoms with Crippen molar-refractivity contribution in [3.63, 3.8) is 0 Å². The first-order valence-corrected chi connectivity index (χ1v) is 6.98. The molecule has 0 aliphatic carbocycles. The van der Waals surface area contributed by atoms with Gasteiger partial charge in [-0.25, -0.2) is 0 Å². The zero-order valence-corrected chi connectivity index (χ0v) is 13.0. The lowest BCUT2D eigenvalue weighted by molar-refractivity contribution is 0.0682. The summed E-state index contributed by atoms with van der Waals surface area (Å²) in [6.45, 7) is 9.04. The number of benzene rings is 1. The highest BCUT2D eigenvalue weighted by atomic mass is 79.9. The fraction of sp³-hybridized carbons (Fsp3) is 0.500. The van der Waals surface area contributed by atoms with Crippen molar-refractivity contribution >= 4 is 27.5 Å². The molecule has 0 atom stereocenters. The zero-order chi connectivity index (χ0) is 13.9. The molecule has 1 aromatic rings. The molecule has 3 nitrogen and oxygen atoms in total. The van der Waals surface area contributed by atoms with Crippen LogP contribution in [-0.4, -0.2) is 23.4 Å². The maximum absolute atomic E-state index is 12.4. The minimum atomic E-state index is 0.0397. The highest BCUT2D eigenvalue weighted by Gasteiger charge is 2.20. The molecule has 0 aromatic heterocycles. The van der Waals surface area contributed by atoms with E-state index >= 15 is 0 Å². The SMILES string of the molecule is CC(C)CN(C(=O)c1ccc(Br)c(N)c1)C(C)C. The topological polar surface area (TPSA) is 46.3 Å². The number of nitrogen functional groups attached to an aromatic ring is 1. The number of nitrogens with zero attached hydrogens (tertiary/aromatic N) is 1. The summed E-state index contributed by atoms with van der Waals surface area (Å²) < 4.78 is 0.819. The molecule has 0 heterocycles. The minimum absolute atomic E-state index is 0.0397. The predicted molar refractivity (Wildman–Crippen MR) is 79.6 cm³/mol. The predicted octanol–water partition coefficient (Wildman–Crippen LogP) is 3.54. The molecule has 0 unspecified atom stereocenters. The molecular weight excluding hydrogens is 292 g/mol. The zero-order valence-electron chi connectivity index (χ0n) is 11.4. The third-order valence-electron chi connectivity index (χ3n) is 2.69. The average molecular weight is 313 g/mol. The first-order chi connectivity index (χ1) is 8.32. The van der Waals surface area contributed by atoms with Crippen LogP contribution < -0.4 is 5.73 Å². The van der Waals surface area contributed by atoms with Gasteiger partial charge in [-0.1, -0.05) is 13.8 Å². The summed E-state index contributed by atoms with van der Waals surface area (Å²) in [4.78, 5) is 14.3. The molecule has 1 aromatic carbocycles. The molecule has 4 heteroatoms. The van der Waals surface area contributed by atoms with Gasteiger partial charge in [-0.05, 0) is 53.9 Å². The number of amides is 1. The van der Waals surface area contributed by atoms with Gasteiger partial charge in [-0.15, -0.1) is 0 Å². The Morgan fingerprint density at radius 2 is 1.94 bits per heavy atom. The first kappa shape index (κ1) is 15.0. The van der Waals surface area contributed by atoms with Gasteiger partial charge < -0.3 is 10.6 Å². The first-order valence-electron chi connectivity index (χ1n) is 6.19. The molecule has 0 spiro atoms. The van der Waals surface area contributed by atoms with Crippen LogP contribution in [0.15, 0.2) is 22.7 Å². The van der Waals surface area contributed by atoms with Crippen molar-refractivity contribution in [3.8, 4) is 0 Å². The Bertz CT molecular complexity index is 430. The third-order valence-corrected chi connectivity index (χ3v) is 3.41. The molecular formula is C14H21BrN2O. The van der Waals surface area contributed by atoms with Crippen LogP contribution in [0.5, 0.6) is 0 Å². The molecule has 1 amide bonds. The van der Waals surface area contributed by atoms with E-state index in [1.54, 1.807) is 12.1 Å². The van der Waals surface area contributed by atoms with E-state index in [4.69, 9.17) is 5.73 Å². The summed E-state index contributed by atoms with van der Waals surface area (Å²) >= 11 is 3.33. The maximum atomic E-state index is 12.4. The Balaban J connectivity index is 2.98. The minimum Gasteiger partial charge on any atom is -0.398 e. The molecule has 100 valence electrons. The quantitative estimate of drug-likeness (QED) is 0.864. The molecule has 1 rings (SSSR count). The van der Waals surface area contributed by atoms with E-state index in [0.717, 1.165) is 11.0 Å². The molecule has 0 aliphatic rings.